The van der Waals surface area contributed by atoms with E-state index in [2.05, 4.69) is 62.4 Å². The number of benzene rings is 2. The molecule has 2 N–H and O–H groups in total. The van der Waals surface area contributed by atoms with Crippen LogP contribution in [0.15, 0.2) is 48.5 Å². The first-order valence-corrected chi connectivity index (χ1v) is 12.0. The quantitative estimate of drug-likeness (QED) is 0.611. The molecule has 4 aliphatic rings. The number of aliphatic hydroxyl groups excluding tert-OH is 2. The Hall–Kier alpha value is -2.04. The van der Waals surface area contributed by atoms with Crippen LogP contribution < -0.4 is 9.47 Å². The minimum Gasteiger partial charge on any atom is -0.491 e. The number of ether oxygens (including phenoxy) is 2. The Kier molecular flexibility index (Phi) is 5.29. The summed E-state index contributed by atoms with van der Waals surface area (Å²) < 4.78 is 11.2. The maximum Gasteiger partial charge on any atom is 0.119 e. The van der Waals surface area contributed by atoms with Crippen LogP contribution in [0.25, 0.3) is 0 Å². The molecule has 6 rings (SSSR count). The number of hydrogen-bond donors (Lipinski definition) is 2. The summed E-state index contributed by atoms with van der Waals surface area (Å²) in [6.45, 7) is 5.78. The van der Waals surface area contributed by atoms with Crippen LogP contribution in [0, 0.1) is 10.8 Å². The van der Waals surface area contributed by atoms with Gasteiger partial charge in [0.1, 0.15) is 24.7 Å². The van der Waals surface area contributed by atoms with Crippen LogP contribution in [0.1, 0.15) is 63.5 Å². The summed E-state index contributed by atoms with van der Waals surface area (Å²) in [6, 6.07) is 17.4. The molecule has 4 aliphatic carbocycles. The van der Waals surface area contributed by atoms with Gasteiger partial charge in [-0.3, -0.25) is 0 Å². The van der Waals surface area contributed by atoms with E-state index in [4.69, 9.17) is 19.7 Å². The van der Waals surface area contributed by atoms with Gasteiger partial charge in [0.2, 0.25) is 0 Å². The smallest absolute Gasteiger partial charge is 0.119 e. The van der Waals surface area contributed by atoms with Crippen LogP contribution in [-0.2, 0) is 10.8 Å². The maximum absolute atomic E-state index is 9.05. The van der Waals surface area contributed by atoms with Gasteiger partial charge in [-0.15, -0.1) is 0 Å². The molecule has 4 fully saturated rings. The van der Waals surface area contributed by atoms with Crippen molar-refractivity contribution < 1.29 is 19.7 Å². The summed E-state index contributed by atoms with van der Waals surface area (Å²) in [5, 5.41) is 18.1. The van der Waals surface area contributed by atoms with E-state index >= 15 is 0 Å². The van der Waals surface area contributed by atoms with Crippen molar-refractivity contribution in [3.8, 4) is 11.5 Å². The predicted octanol–water partition coefficient (Wildman–Crippen LogP) is 5.00. The molecule has 4 heteroatoms. The average molecular weight is 437 g/mol. The summed E-state index contributed by atoms with van der Waals surface area (Å²) in [5.41, 5.74) is 3.97. The lowest BCUT2D eigenvalue weighted by molar-refractivity contribution is -0.126. The van der Waals surface area contributed by atoms with Crippen molar-refractivity contribution in [1.29, 1.82) is 0 Å². The van der Waals surface area contributed by atoms with Crippen molar-refractivity contribution in [2.24, 2.45) is 10.8 Å². The fraction of sp³-hybridized carbons (Fsp3) is 0.571. The van der Waals surface area contributed by atoms with Gasteiger partial charge < -0.3 is 19.7 Å². The van der Waals surface area contributed by atoms with Gasteiger partial charge in [-0.2, -0.15) is 0 Å². The second kappa shape index (κ2) is 7.78. The molecule has 0 spiro atoms. The van der Waals surface area contributed by atoms with E-state index in [1.807, 2.05) is 0 Å². The molecule has 2 aromatic rings. The summed E-state index contributed by atoms with van der Waals surface area (Å²) in [7, 11) is 0. The first-order valence-electron chi connectivity index (χ1n) is 12.0. The molecular weight excluding hydrogens is 400 g/mol. The molecule has 0 aromatic heterocycles. The molecule has 4 nitrogen and oxygen atoms in total. The summed E-state index contributed by atoms with van der Waals surface area (Å²) in [4.78, 5) is 0. The molecular formula is C28H36O4. The second-order valence-electron chi connectivity index (χ2n) is 11.4. The third kappa shape index (κ3) is 3.72. The largest absolute Gasteiger partial charge is 0.491 e. The molecule has 0 atom stereocenters. The Morgan fingerprint density at radius 3 is 1.31 bits per heavy atom. The third-order valence-corrected chi connectivity index (χ3v) is 8.24. The molecule has 0 radical (unpaired) electrons. The molecule has 0 heterocycles. The normalized spacial score (nSPS) is 35.1. The van der Waals surface area contributed by atoms with Crippen molar-refractivity contribution in [2.75, 3.05) is 26.4 Å². The minimum absolute atomic E-state index is 0.0365. The highest BCUT2D eigenvalue weighted by Crippen LogP contribution is 2.74. The minimum atomic E-state index is 0.0365. The van der Waals surface area contributed by atoms with Crippen molar-refractivity contribution >= 4 is 0 Å². The third-order valence-electron chi connectivity index (χ3n) is 8.24. The van der Waals surface area contributed by atoms with Crippen molar-refractivity contribution in [2.45, 2.75) is 63.2 Å². The van der Waals surface area contributed by atoms with Crippen LogP contribution >= 0.6 is 0 Å². The van der Waals surface area contributed by atoms with E-state index in [0.717, 1.165) is 11.5 Å². The van der Waals surface area contributed by atoms with Crippen LogP contribution in [0.5, 0.6) is 11.5 Å². The lowest BCUT2D eigenvalue weighted by atomic mass is 9.34. The molecule has 2 aromatic carbocycles. The standard InChI is InChI=1S/C28H36O4/c1-25-15-26(2)18-27(16-25,21-3-7-23(8-4-21)31-13-11-29)20-28(17-25,19-26)22-5-9-24(10-6-22)32-14-12-30/h3-10,29-30H,11-20H2,1-2H3. The fourth-order valence-electron chi connectivity index (χ4n) is 8.44. The molecule has 0 aliphatic heterocycles. The average Bonchev–Trinajstić information content (AvgIpc) is 2.74. The highest BCUT2D eigenvalue weighted by atomic mass is 16.5. The van der Waals surface area contributed by atoms with Crippen molar-refractivity contribution in [3.05, 3.63) is 59.7 Å². The first-order chi connectivity index (χ1) is 15.3. The van der Waals surface area contributed by atoms with E-state index < -0.39 is 0 Å². The highest BCUT2D eigenvalue weighted by Gasteiger charge is 2.66. The van der Waals surface area contributed by atoms with Gasteiger partial charge in [-0.25, -0.2) is 0 Å². The van der Waals surface area contributed by atoms with Crippen LogP contribution in [-0.4, -0.2) is 36.6 Å². The molecule has 0 amide bonds. The van der Waals surface area contributed by atoms with Gasteiger partial charge in [0.15, 0.2) is 0 Å². The van der Waals surface area contributed by atoms with E-state index in [1.165, 1.54) is 49.7 Å². The number of rotatable bonds is 8. The lowest BCUT2D eigenvalue weighted by Gasteiger charge is -2.70. The summed E-state index contributed by atoms with van der Waals surface area (Å²) >= 11 is 0. The zero-order chi connectivity index (χ0) is 22.5. The Labute approximate surface area is 191 Å². The first kappa shape index (κ1) is 21.8. The van der Waals surface area contributed by atoms with Gasteiger partial charge in [-0.05, 0) is 95.6 Å². The second-order valence-corrected chi connectivity index (χ2v) is 11.4. The molecule has 0 unspecified atom stereocenters. The summed E-state index contributed by atoms with van der Waals surface area (Å²) in [5.74, 6) is 1.66. The van der Waals surface area contributed by atoms with Crippen LogP contribution in [0.2, 0.25) is 0 Å². The Balaban J connectivity index is 1.50. The number of aliphatic hydroxyl groups is 2. The SMILES string of the molecule is CC12CC3(C)CC(c4ccc(OCCO)cc4)(C1)CC(c1ccc(OCCO)cc1)(C2)C3. The van der Waals surface area contributed by atoms with Crippen LogP contribution in [0.3, 0.4) is 0 Å². The molecule has 4 saturated carbocycles. The van der Waals surface area contributed by atoms with Crippen molar-refractivity contribution in [3.63, 3.8) is 0 Å². The lowest BCUT2D eigenvalue weighted by Crippen LogP contribution is -2.62. The van der Waals surface area contributed by atoms with E-state index in [1.54, 1.807) is 0 Å². The topological polar surface area (TPSA) is 58.9 Å². The number of hydrogen-bond acceptors (Lipinski definition) is 4. The van der Waals surface area contributed by atoms with Crippen LogP contribution in [0.4, 0.5) is 0 Å². The van der Waals surface area contributed by atoms with Gasteiger partial charge in [0, 0.05) is 0 Å². The summed E-state index contributed by atoms with van der Waals surface area (Å²) in [6.07, 6.45) is 7.53. The van der Waals surface area contributed by atoms with Gasteiger partial charge in [0.25, 0.3) is 0 Å². The Bertz CT molecular complexity index is 857. The predicted molar refractivity (Wildman–Crippen MR) is 125 cm³/mol. The van der Waals surface area contributed by atoms with E-state index in [9.17, 15) is 0 Å². The van der Waals surface area contributed by atoms with Gasteiger partial charge >= 0.3 is 0 Å². The zero-order valence-corrected chi connectivity index (χ0v) is 19.4. The monoisotopic (exact) mass is 436 g/mol. The molecule has 172 valence electrons. The zero-order valence-electron chi connectivity index (χ0n) is 19.4. The highest BCUT2D eigenvalue weighted by molar-refractivity contribution is 5.42. The Morgan fingerprint density at radius 2 is 0.969 bits per heavy atom. The molecule has 4 bridgehead atoms. The fourth-order valence-corrected chi connectivity index (χ4v) is 8.44. The van der Waals surface area contributed by atoms with Gasteiger partial charge in [0.05, 0.1) is 13.2 Å². The Morgan fingerprint density at radius 1 is 0.594 bits per heavy atom. The molecule has 32 heavy (non-hydrogen) atoms. The van der Waals surface area contributed by atoms with E-state index in [-0.39, 0.29) is 24.0 Å². The molecule has 0 saturated heterocycles. The van der Waals surface area contributed by atoms with E-state index in [0.29, 0.717) is 24.0 Å². The maximum atomic E-state index is 9.05. The van der Waals surface area contributed by atoms with Crippen molar-refractivity contribution in [1.82, 2.24) is 0 Å². The van der Waals surface area contributed by atoms with Gasteiger partial charge in [-0.1, -0.05) is 38.1 Å².